The first kappa shape index (κ1) is 13.3. The topological polar surface area (TPSA) is 96.7 Å². The highest BCUT2D eigenvalue weighted by molar-refractivity contribution is 5.82. The third-order valence-corrected chi connectivity index (χ3v) is 2.88. The second-order valence-corrected chi connectivity index (χ2v) is 4.15. The van der Waals surface area contributed by atoms with E-state index in [1.165, 1.54) is 4.90 Å². The third kappa shape index (κ3) is 3.44. The molecule has 1 aliphatic rings. The van der Waals surface area contributed by atoms with Crippen molar-refractivity contribution in [3.63, 3.8) is 0 Å². The van der Waals surface area contributed by atoms with Crippen LogP contribution < -0.4 is 5.32 Å². The fourth-order valence-corrected chi connectivity index (χ4v) is 1.86. The number of carboxylic acids is 1. The van der Waals surface area contributed by atoms with E-state index in [1.54, 1.807) is 18.7 Å². The van der Waals surface area contributed by atoms with Crippen LogP contribution in [0.5, 0.6) is 0 Å². The van der Waals surface area contributed by atoms with Gasteiger partial charge in [-0.3, -0.25) is 0 Å². The maximum atomic E-state index is 11.9. The number of urea groups is 1. The minimum atomic E-state index is -1.05. The summed E-state index contributed by atoms with van der Waals surface area (Å²) in [5, 5.41) is 11.7. The average Bonchev–Trinajstić information content (AvgIpc) is 2.91. The standard InChI is InChI=1S/C11H16N4O4/c16-10(17)9-7-19-6-5-15(9)11(18)13-2-4-14-3-1-12-8-14/h1,3,8-9H,2,4-7H2,(H,13,18)(H,16,17). The molecule has 0 spiro atoms. The zero-order valence-electron chi connectivity index (χ0n) is 10.4. The molecule has 8 nitrogen and oxygen atoms in total. The Balaban J connectivity index is 1.82. The van der Waals surface area contributed by atoms with Crippen LogP contribution in [0.3, 0.4) is 0 Å². The molecule has 19 heavy (non-hydrogen) atoms. The Bertz CT molecular complexity index is 434. The number of carboxylic acid groups (broad SMARTS) is 1. The maximum Gasteiger partial charge on any atom is 0.328 e. The number of aromatic nitrogens is 2. The molecule has 1 unspecified atom stereocenters. The number of morpholine rings is 1. The van der Waals surface area contributed by atoms with Crippen LogP contribution in [0.15, 0.2) is 18.7 Å². The van der Waals surface area contributed by atoms with Gasteiger partial charge in [0.15, 0.2) is 6.04 Å². The SMILES string of the molecule is O=C(O)C1COCCN1C(=O)NCCn1ccnc1. The van der Waals surface area contributed by atoms with Gasteiger partial charge in [-0.2, -0.15) is 0 Å². The molecule has 0 aromatic carbocycles. The van der Waals surface area contributed by atoms with Crippen molar-refractivity contribution in [3.05, 3.63) is 18.7 Å². The molecule has 1 fully saturated rings. The van der Waals surface area contributed by atoms with E-state index in [-0.39, 0.29) is 19.2 Å². The molecule has 1 aromatic rings. The summed E-state index contributed by atoms with van der Waals surface area (Å²) in [5.74, 6) is -1.05. The molecule has 1 aliphatic heterocycles. The molecule has 1 saturated heterocycles. The first-order valence-corrected chi connectivity index (χ1v) is 5.99. The smallest absolute Gasteiger partial charge is 0.328 e. The number of imidazole rings is 1. The summed E-state index contributed by atoms with van der Waals surface area (Å²) in [4.78, 5) is 28.1. The van der Waals surface area contributed by atoms with Gasteiger partial charge in [0, 0.05) is 32.0 Å². The van der Waals surface area contributed by atoms with Gasteiger partial charge < -0.3 is 24.6 Å². The maximum absolute atomic E-state index is 11.9. The Labute approximate surface area is 110 Å². The number of hydrogen-bond acceptors (Lipinski definition) is 4. The molecular weight excluding hydrogens is 252 g/mol. The van der Waals surface area contributed by atoms with Gasteiger partial charge in [0.1, 0.15) is 0 Å². The van der Waals surface area contributed by atoms with Crippen molar-refractivity contribution >= 4 is 12.0 Å². The fourth-order valence-electron chi connectivity index (χ4n) is 1.86. The van der Waals surface area contributed by atoms with Gasteiger partial charge in [-0.05, 0) is 0 Å². The monoisotopic (exact) mass is 268 g/mol. The quantitative estimate of drug-likeness (QED) is 0.758. The molecule has 1 aromatic heterocycles. The van der Waals surface area contributed by atoms with E-state index in [2.05, 4.69) is 10.3 Å². The Morgan fingerprint density at radius 1 is 1.53 bits per heavy atom. The summed E-state index contributed by atoms with van der Waals surface area (Å²) < 4.78 is 6.90. The normalized spacial score (nSPS) is 19.2. The molecule has 2 rings (SSSR count). The number of ether oxygens (including phenoxy) is 1. The van der Waals surface area contributed by atoms with Crippen molar-refractivity contribution in [2.45, 2.75) is 12.6 Å². The molecule has 0 saturated carbocycles. The van der Waals surface area contributed by atoms with Crippen LogP contribution in [0.2, 0.25) is 0 Å². The van der Waals surface area contributed by atoms with Crippen LogP contribution in [0.25, 0.3) is 0 Å². The van der Waals surface area contributed by atoms with Crippen LogP contribution >= 0.6 is 0 Å². The summed E-state index contributed by atoms with van der Waals surface area (Å²) >= 11 is 0. The fraction of sp³-hybridized carbons (Fsp3) is 0.545. The van der Waals surface area contributed by atoms with Crippen LogP contribution in [0.1, 0.15) is 0 Å². The average molecular weight is 268 g/mol. The summed E-state index contributed by atoms with van der Waals surface area (Å²) in [6.45, 7) is 1.68. The van der Waals surface area contributed by atoms with Gasteiger partial charge in [-0.15, -0.1) is 0 Å². The first-order valence-electron chi connectivity index (χ1n) is 5.99. The number of hydrogen-bond donors (Lipinski definition) is 2. The number of rotatable bonds is 4. The summed E-state index contributed by atoms with van der Waals surface area (Å²) in [6.07, 6.45) is 5.10. The highest BCUT2D eigenvalue weighted by Crippen LogP contribution is 2.07. The zero-order valence-corrected chi connectivity index (χ0v) is 10.4. The summed E-state index contributed by atoms with van der Waals surface area (Å²) in [7, 11) is 0. The lowest BCUT2D eigenvalue weighted by Crippen LogP contribution is -2.55. The Kier molecular flexibility index (Phi) is 4.35. The van der Waals surface area contributed by atoms with E-state index in [4.69, 9.17) is 9.84 Å². The largest absolute Gasteiger partial charge is 0.480 e. The molecule has 1 atom stereocenters. The molecule has 0 bridgehead atoms. The molecule has 0 radical (unpaired) electrons. The van der Waals surface area contributed by atoms with E-state index in [1.807, 2.05) is 4.57 Å². The number of aliphatic carboxylic acids is 1. The van der Waals surface area contributed by atoms with Crippen molar-refractivity contribution in [2.24, 2.45) is 0 Å². The third-order valence-electron chi connectivity index (χ3n) is 2.88. The highest BCUT2D eigenvalue weighted by atomic mass is 16.5. The van der Waals surface area contributed by atoms with Gasteiger partial charge in [-0.1, -0.05) is 0 Å². The number of carbonyl (C=O) groups excluding carboxylic acids is 1. The van der Waals surface area contributed by atoms with E-state index in [9.17, 15) is 9.59 Å². The van der Waals surface area contributed by atoms with E-state index in [0.717, 1.165) is 0 Å². The minimum absolute atomic E-state index is 0.0320. The summed E-state index contributed by atoms with van der Waals surface area (Å²) in [5.41, 5.74) is 0. The zero-order chi connectivity index (χ0) is 13.7. The predicted octanol–water partition coefficient (Wildman–Crippen LogP) is -0.622. The van der Waals surface area contributed by atoms with Crippen molar-refractivity contribution < 1.29 is 19.4 Å². The number of nitrogens with zero attached hydrogens (tertiary/aromatic N) is 3. The van der Waals surface area contributed by atoms with Crippen LogP contribution in [-0.4, -0.2) is 63.9 Å². The Morgan fingerprint density at radius 2 is 2.37 bits per heavy atom. The van der Waals surface area contributed by atoms with Crippen LogP contribution in [-0.2, 0) is 16.1 Å². The van der Waals surface area contributed by atoms with Crippen LogP contribution in [0.4, 0.5) is 4.79 Å². The van der Waals surface area contributed by atoms with Gasteiger partial charge >= 0.3 is 12.0 Å². The molecular formula is C11H16N4O4. The number of nitrogens with one attached hydrogen (secondary N) is 1. The summed E-state index contributed by atoms with van der Waals surface area (Å²) in [6, 6.07) is -1.29. The minimum Gasteiger partial charge on any atom is -0.480 e. The Hall–Kier alpha value is -2.09. The van der Waals surface area contributed by atoms with E-state index >= 15 is 0 Å². The first-order chi connectivity index (χ1) is 9.18. The van der Waals surface area contributed by atoms with Crippen molar-refractivity contribution in [2.75, 3.05) is 26.3 Å². The number of carbonyl (C=O) groups is 2. The van der Waals surface area contributed by atoms with Crippen molar-refractivity contribution in [1.29, 1.82) is 0 Å². The van der Waals surface area contributed by atoms with Gasteiger partial charge in [0.05, 0.1) is 19.5 Å². The second kappa shape index (κ2) is 6.19. The molecule has 0 aliphatic carbocycles. The second-order valence-electron chi connectivity index (χ2n) is 4.15. The lowest BCUT2D eigenvalue weighted by molar-refractivity contribution is -0.147. The van der Waals surface area contributed by atoms with Crippen molar-refractivity contribution in [3.8, 4) is 0 Å². The molecule has 8 heteroatoms. The van der Waals surface area contributed by atoms with Gasteiger partial charge in [-0.25, -0.2) is 14.6 Å². The Morgan fingerprint density at radius 3 is 3.05 bits per heavy atom. The lowest BCUT2D eigenvalue weighted by atomic mass is 10.2. The van der Waals surface area contributed by atoms with E-state index in [0.29, 0.717) is 19.7 Å². The highest BCUT2D eigenvalue weighted by Gasteiger charge is 2.32. The number of amides is 2. The lowest BCUT2D eigenvalue weighted by Gasteiger charge is -2.32. The molecule has 2 amide bonds. The molecule has 104 valence electrons. The molecule has 2 N–H and O–H groups in total. The van der Waals surface area contributed by atoms with Crippen molar-refractivity contribution in [1.82, 2.24) is 19.8 Å². The van der Waals surface area contributed by atoms with E-state index < -0.39 is 12.0 Å². The van der Waals surface area contributed by atoms with Crippen LogP contribution in [0, 0.1) is 0 Å². The molecule has 2 heterocycles. The predicted molar refractivity (Wildman–Crippen MR) is 64.6 cm³/mol. The van der Waals surface area contributed by atoms with Gasteiger partial charge in [0.2, 0.25) is 0 Å². The van der Waals surface area contributed by atoms with Gasteiger partial charge in [0.25, 0.3) is 0 Å².